The number of rotatable bonds is 6. The first-order valence-electron chi connectivity index (χ1n) is 9.35. The van der Waals surface area contributed by atoms with Gasteiger partial charge in [0.25, 0.3) is 5.56 Å². The fourth-order valence-electron chi connectivity index (χ4n) is 3.12. The van der Waals surface area contributed by atoms with Crippen LogP contribution in [0.15, 0.2) is 33.9 Å². The van der Waals surface area contributed by atoms with Crippen molar-refractivity contribution in [2.45, 2.75) is 26.8 Å². The molecule has 158 valence electrons. The van der Waals surface area contributed by atoms with E-state index in [4.69, 9.17) is 11.6 Å². The maximum atomic E-state index is 12.8. The molecule has 0 aliphatic heterocycles. The highest BCUT2D eigenvalue weighted by Crippen LogP contribution is 2.18. The number of amides is 1. The van der Waals surface area contributed by atoms with Gasteiger partial charge in [-0.3, -0.25) is 23.5 Å². The second-order valence-corrected chi connectivity index (χ2v) is 7.83. The summed E-state index contributed by atoms with van der Waals surface area (Å²) < 4.78 is 3.44. The minimum atomic E-state index is -0.580. The molecule has 0 unspecified atom stereocenters. The molecule has 3 rings (SSSR count). The van der Waals surface area contributed by atoms with E-state index < -0.39 is 11.2 Å². The van der Waals surface area contributed by atoms with Gasteiger partial charge in [-0.05, 0) is 41.8 Å². The zero-order valence-electron chi connectivity index (χ0n) is 17.1. The number of halogens is 1. The van der Waals surface area contributed by atoms with E-state index in [1.165, 1.54) is 23.2 Å². The monoisotopic (exact) mass is 431 g/mol. The summed E-state index contributed by atoms with van der Waals surface area (Å²) in [4.78, 5) is 53.3. The highest BCUT2D eigenvalue weighted by molar-refractivity contribution is 6.29. The van der Waals surface area contributed by atoms with E-state index in [1.807, 2.05) is 13.8 Å². The molecule has 0 atom stereocenters. The van der Waals surface area contributed by atoms with Crippen LogP contribution in [0.3, 0.4) is 0 Å². The average Bonchev–Trinajstić information content (AvgIpc) is 3.01. The SMILES string of the molecule is CC(C)CC(=O)Nc1ccc(C(=O)Cn2c(Cl)nc3c2c(=O)n(C)c(=O)n3C)cc1. The maximum Gasteiger partial charge on any atom is 0.332 e. The molecule has 3 aromatic rings. The Balaban J connectivity index is 1.87. The number of benzene rings is 1. The molecule has 0 radical (unpaired) electrons. The van der Waals surface area contributed by atoms with Crippen LogP contribution < -0.4 is 16.6 Å². The Labute approximate surface area is 176 Å². The number of ketones is 1. The van der Waals surface area contributed by atoms with E-state index in [2.05, 4.69) is 10.3 Å². The number of nitrogens with one attached hydrogen (secondary N) is 1. The van der Waals surface area contributed by atoms with Crippen molar-refractivity contribution in [2.75, 3.05) is 5.32 Å². The van der Waals surface area contributed by atoms with E-state index in [1.54, 1.807) is 24.3 Å². The Kier molecular flexibility index (Phi) is 5.93. The van der Waals surface area contributed by atoms with E-state index in [-0.39, 0.29) is 40.6 Å². The summed E-state index contributed by atoms with van der Waals surface area (Å²) in [5.41, 5.74) is 0.0574. The predicted molar refractivity (Wildman–Crippen MR) is 114 cm³/mol. The number of aromatic nitrogens is 4. The van der Waals surface area contributed by atoms with Crippen LogP contribution in [0.4, 0.5) is 5.69 Å². The first-order valence-corrected chi connectivity index (χ1v) is 9.72. The van der Waals surface area contributed by atoms with Crippen LogP contribution in [-0.4, -0.2) is 30.4 Å². The topological polar surface area (TPSA) is 108 Å². The third kappa shape index (κ3) is 4.06. The third-order valence-electron chi connectivity index (χ3n) is 4.69. The first-order chi connectivity index (χ1) is 14.1. The lowest BCUT2D eigenvalue weighted by Crippen LogP contribution is -2.37. The van der Waals surface area contributed by atoms with E-state index >= 15 is 0 Å². The van der Waals surface area contributed by atoms with Crippen LogP contribution in [0, 0.1) is 5.92 Å². The number of carbonyl (C=O) groups is 2. The zero-order chi connectivity index (χ0) is 22.2. The zero-order valence-corrected chi connectivity index (χ0v) is 17.9. The van der Waals surface area contributed by atoms with Crippen molar-refractivity contribution in [3.8, 4) is 0 Å². The quantitative estimate of drug-likeness (QED) is 0.474. The lowest BCUT2D eigenvalue weighted by Gasteiger charge is -2.09. The summed E-state index contributed by atoms with van der Waals surface area (Å²) in [6, 6.07) is 6.46. The summed E-state index contributed by atoms with van der Waals surface area (Å²) in [6.45, 7) is 3.69. The molecule has 1 N–H and O–H groups in total. The third-order valence-corrected chi connectivity index (χ3v) is 4.98. The number of aryl methyl sites for hydroxylation is 1. The Morgan fingerprint density at radius 3 is 2.33 bits per heavy atom. The minimum Gasteiger partial charge on any atom is -0.326 e. The van der Waals surface area contributed by atoms with Crippen LogP contribution in [0.1, 0.15) is 30.6 Å². The van der Waals surface area contributed by atoms with Crippen LogP contribution in [0.2, 0.25) is 5.28 Å². The Bertz CT molecular complexity index is 1250. The molecule has 0 saturated heterocycles. The molecule has 0 spiro atoms. The molecule has 1 aromatic carbocycles. The van der Waals surface area contributed by atoms with Gasteiger partial charge in [0.15, 0.2) is 16.9 Å². The number of imidazole rings is 1. The van der Waals surface area contributed by atoms with Crippen LogP contribution in [0.25, 0.3) is 11.2 Å². The summed E-state index contributed by atoms with van der Waals surface area (Å²) in [7, 11) is 2.83. The number of hydrogen-bond acceptors (Lipinski definition) is 5. The molecule has 0 aliphatic rings. The molecule has 1 amide bonds. The molecular formula is C20H22ClN5O4. The largest absolute Gasteiger partial charge is 0.332 e. The molecule has 0 saturated carbocycles. The van der Waals surface area contributed by atoms with Crippen molar-refractivity contribution in [3.63, 3.8) is 0 Å². The molecule has 10 heteroatoms. The number of fused-ring (bicyclic) bond motifs is 1. The van der Waals surface area contributed by atoms with E-state index in [0.29, 0.717) is 17.7 Å². The van der Waals surface area contributed by atoms with Crippen molar-refractivity contribution in [2.24, 2.45) is 20.0 Å². The normalized spacial score (nSPS) is 11.3. The van der Waals surface area contributed by atoms with E-state index in [9.17, 15) is 19.2 Å². The Hall–Kier alpha value is -3.20. The molecule has 0 bridgehead atoms. The van der Waals surface area contributed by atoms with Crippen molar-refractivity contribution in [1.82, 2.24) is 18.7 Å². The highest BCUT2D eigenvalue weighted by Gasteiger charge is 2.20. The van der Waals surface area contributed by atoms with Gasteiger partial charge in [0, 0.05) is 31.8 Å². The van der Waals surface area contributed by atoms with Gasteiger partial charge in [0.05, 0.1) is 6.54 Å². The summed E-state index contributed by atoms with van der Waals surface area (Å²) in [5.74, 6) is -0.151. The van der Waals surface area contributed by atoms with E-state index in [0.717, 1.165) is 4.57 Å². The molecule has 9 nitrogen and oxygen atoms in total. The fourth-order valence-corrected chi connectivity index (χ4v) is 3.35. The molecular weight excluding hydrogens is 410 g/mol. The molecule has 2 aromatic heterocycles. The summed E-state index contributed by atoms with van der Waals surface area (Å²) in [6.07, 6.45) is 0.407. The highest BCUT2D eigenvalue weighted by atomic mass is 35.5. The molecule has 30 heavy (non-hydrogen) atoms. The minimum absolute atomic E-state index is 0.0609. The fraction of sp³-hybridized carbons (Fsp3) is 0.350. The number of carbonyl (C=O) groups excluding carboxylic acids is 2. The summed E-state index contributed by atoms with van der Waals surface area (Å²) >= 11 is 6.16. The lowest BCUT2D eigenvalue weighted by molar-refractivity contribution is -0.116. The van der Waals surface area contributed by atoms with Crippen molar-refractivity contribution in [3.05, 3.63) is 56.0 Å². The smallest absolute Gasteiger partial charge is 0.326 e. The van der Waals surface area contributed by atoms with Gasteiger partial charge in [-0.1, -0.05) is 13.8 Å². The van der Waals surface area contributed by atoms with Crippen LogP contribution in [0.5, 0.6) is 0 Å². The first kappa shape index (κ1) is 21.5. The number of anilines is 1. The number of Topliss-reactive ketones (excluding diaryl/α,β-unsaturated/α-hetero) is 1. The second-order valence-electron chi connectivity index (χ2n) is 7.49. The molecule has 0 fully saturated rings. The average molecular weight is 432 g/mol. The van der Waals surface area contributed by atoms with Crippen molar-refractivity contribution < 1.29 is 9.59 Å². The Morgan fingerprint density at radius 1 is 1.10 bits per heavy atom. The summed E-state index contributed by atoms with van der Waals surface area (Å²) in [5, 5.41) is 2.72. The van der Waals surface area contributed by atoms with Crippen molar-refractivity contribution >= 4 is 40.1 Å². The van der Waals surface area contributed by atoms with Gasteiger partial charge in [-0.25, -0.2) is 4.79 Å². The van der Waals surface area contributed by atoms with Gasteiger partial charge >= 0.3 is 5.69 Å². The number of hydrogen-bond donors (Lipinski definition) is 1. The van der Waals surface area contributed by atoms with Gasteiger partial charge in [-0.15, -0.1) is 0 Å². The van der Waals surface area contributed by atoms with Gasteiger partial charge in [0.2, 0.25) is 11.2 Å². The predicted octanol–water partition coefficient (Wildman–Crippen LogP) is 1.95. The van der Waals surface area contributed by atoms with Crippen molar-refractivity contribution in [1.29, 1.82) is 0 Å². The second kappa shape index (κ2) is 8.27. The van der Waals surface area contributed by atoms with Crippen LogP contribution in [-0.2, 0) is 25.4 Å². The standard InChI is InChI=1S/C20H22ClN5O4/c1-11(2)9-15(28)22-13-7-5-12(6-8-13)14(27)10-26-16-17(23-19(26)21)24(3)20(30)25(4)18(16)29/h5-8,11H,9-10H2,1-4H3,(H,22,28). The van der Waals surface area contributed by atoms with Gasteiger partial charge < -0.3 is 9.88 Å². The van der Waals surface area contributed by atoms with Gasteiger partial charge in [-0.2, -0.15) is 4.98 Å². The lowest BCUT2D eigenvalue weighted by atomic mass is 10.1. The Morgan fingerprint density at radius 2 is 1.73 bits per heavy atom. The maximum absolute atomic E-state index is 12.8. The molecule has 0 aliphatic carbocycles. The molecule has 2 heterocycles. The number of nitrogens with zero attached hydrogens (tertiary/aromatic N) is 4. The van der Waals surface area contributed by atoms with Crippen LogP contribution >= 0.6 is 11.6 Å². The van der Waals surface area contributed by atoms with Gasteiger partial charge in [0.1, 0.15) is 0 Å².